The summed E-state index contributed by atoms with van der Waals surface area (Å²) in [6.45, 7) is 6.31. The molecule has 1 aromatic carbocycles. The lowest BCUT2D eigenvalue weighted by Gasteiger charge is -2.10. The van der Waals surface area contributed by atoms with Crippen LogP contribution in [-0.2, 0) is 0 Å². The van der Waals surface area contributed by atoms with E-state index < -0.39 is 0 Å². The van der Waals surface area contributed by atoms with E-state index in [2.05, 4.69) is 43.1 Å². The molecule has 0 aliphatic carbocycles. The van der Waals surface area contributed by atoms with Gasteiger partial charge in [0.1, 0.15) is 11.8 Å². The second-order valence-corrected chi connectivity index (χ2v) is 4.33. The van der Waals surface area contributed by atoms with Crippen LogP contribution in [0.1, 0.15) is 36.6 Å². The van der Waals surface area contributed by atoms with E-state index in [1.807, 2.05) is 13.0 Å². The largest absolute Gasteiger partial charge is 0.237 e. The second-order valence-electron chi connectivity index (χ2n) is 4.33. The second kappa shape index (κ2) is 3.94. The highest BCUT2D eigenvalue weighted by Gasteiger charge is 2.09. The number of hydrogen-bond acceptors (Lipinski definition) is 2. The highest BCUT2D eigenvalue weighted by atomic mass is 14.7. The lowest BCUT2D eigenvalue weighted by atomic mass is 9.97. The first-order valence-corrected chi connectivity index (χ1v) is 5.44. The van der Waals surface area contributed by atoms with Gasteiger partial charge in [0.25, 0.3) is 0 Å². The fourth-order valence-corrected chi connectivity index (χ4v) is 1.96. The third-order valence-electron chi connectivity index (χ3n) is 2.81. The highest BCUT2D eigenvalue weighted by Crippen LogP contribution is 2.26. The van der Waals surface area contributed by atoms with Crippen molar-refractivity contribution >= 4 is 10.9 Å². The van der Waals surface area contributed by atoms with Crippen molar-refractivity contribution in [3.05, 3.63) is 41.1 Å². The molecule has 80 valence electrons. The first-order chi connectivity index (χ1) is 7.63. The van der Waals surface area contributed by atoms with Crippen molar-refractivity contribution < 1.29 is 0 Å². The molecule has 2 aromatic rings. The van der Waals surface area contributed by atoms with Crippen LogP contribution in [0.5, 0.6) is 0 Å². The van der Waals surface area contributed by atoms with Crippen LogP contribution < -0.4 is 0 Å². The zero-order chi connectivity index (χ0) is 11.7. The molecule has 0 aliphatic rings. The van der Waals surface area contributed by atoms with Gasteiger partial charge in [-0.05, 0) is 30.0 Å². The van der Waals surface area contributed by atoms with Crippen LogP contribution >= 0.6 is 0 Å². The lowest BCUT2D eigenvalue weighted by molar-refractivity contribution is 0.872. The number of rotatable bonds is 1. The highest BCUT2D eigenvalue weighted by molar-refractivity contribution is 5.85. The van der Waals surface area contributed by atoms with E-state index >= 15 is 0 Å². The zero-order valence-electron chi connectivity index (χ0n) is 9.78. The molecule has 0 radical (unpaired) electrons. The molecule has 0 N–H and O–H groups in total. The number of benzene rings is 1. The Balaban J connectivity index is 2.86. The summed E-state index contributed by atoms with van der Waals surface area (Å²) in [6, 6.07) is 10.2. The molecule has 0 atom stereocenters. The van der Waals surface area contributed by atoms with E-state index in [1.165, 1.54) is 5.56 Å². The summed E-state index contributed by atoms with van der Waals surface area (Å²) in [5.74, 6) is 0.421. The van der Waals surface area contributed by atoms with Gasteiger partial charge in [-0.15, -0.1) is 0 Å². The molecule has 1 aromatic heterocycles. The van der Waals surface area contributed by atoms with Crippen molar-refractivity contribution in [2.24, 2.45) is 0 Å². The summed E-state index contributed by atoms with van der Waals surface area (Å²) >= 11 is 0. The number of nitrogens with zero attached hydrogens (tertiary/aromatic N) is 2. The van der Waals surface area contributed by atoms with E-state index in [0.717, 1.165) is 16.5 Å². The fourth-order valence-electron chi connectivity index (χ4n) is 1.96. The van der Waals surface area contributed by atoms with E-state index in [4.69, 9.17) is 5.26 Å². The van der Waals surface area contributed by atoms with Gasteiger partial charge >= 0.3 is 0 Å². The predicted molar refractivity (Wildman–Crippen MR) is 65.3 cm³/mol. The first kappa shape index (κ1) is 10.6. The van der Waals surface area contributed by atoms with Gasteiger partial charge in [0.15, 0.2) is 0 Å². The Labute approximate surface area is 95.6 Å². The minimum Gasteiger partial charge on any atom is -0.237 e. The Bertz CT molecular complexity index is 577. The number of aryl methyl sites for hydroxylation is 1. The van der Waals surface area contributed by atoms with E-state index in [0.29, 0.717) is 11.6 Å². The predicted octanol–water partition coefficient (Wildman–Crippen LogP) is 3.54. The maximum absolute atomic E-state index is 8.94. The van der Waals surface area contributed by atoms with Crippen LogP contribution in [0.4, 0.5) is 0 Å². The van der Waals surface area contributed by atoms with E-state index in [1.54, 1.807) is 0 Å². The number of aromatic nitrogens is 1. The van der Waals surface area contributed by atoms with Crippen molar-refractivity contribution in [1.82, 2.24) is 4.98 Å². The normalized spacial score (nSPS) is 10.7. The molecule has 2 nitrogen and oxygen atoms in total. The van der Waals surface area contributed by atoms with Gasteiger partial charge in [0, 0.05) is 5.39 Å². The third-order valence-corrected chi connectivity index (χ3v) is 2.81. The topological polar surface area (TPSA) is 36.7 Å². The van der Waals surface area contributed by atoms with Crippen LogP contribution in [0.2, 0.25) is 0 Å². The van der Waals surface area contributed by atoms with Crippen LogP contribution in [0.25, 0.3) is 10.9 Å². The molecule has 0 saturated heterocycles. The molecular weight excluding hydrogens is 196 g/mol. The lowest BCUT2D eigenvalue weighted by Crippen LogP contribution is -1.95. The number of para-hydroxylation sites is 1. The molecule has 0 spiro atoms. The van der Waals surface area contributed by atoms with Gasteiger partial charge in [-0.3, -0.25) is 0 Å². The summed E-state index contributed by atoms with van der Waals surface area (Å²) in [4.78, 5) is 4.41. The molecule has 16 heavy (non-hydrogen) atoms. The SMILES string of the molecule is Cc1cc(C#N)nc2c(C(C)C)cccc12. The van der Waals surface area contributed by atoms with Crippen LogP contribution in [-0.4, -0.2) is 4.98 Å². The van der Waals surface area contributed by atoms with Gasteiger partial charge in [0.05, 0.1) is 5.52 Å². The zero-order valence-corrected chi connectivity index (χ0v) is 9.78. The van der Waals surface area contributed by atoms with Crippen LogP contribution in [0, 0.1) is 18.3 Å². The van der Waals surface area contributed by atoms with Crippen molar-refractivity contribution in [3.63, 3.8) is 0 Å². The standard InChI is InChI=1S/C14H14N2/c1-9(2)12-5-4-6-13-10(3)7-11(8-15)16-14(12)13/h4-7,9H,1-3H3. The van der Waals surface area contributed by atoms with Gasteiger partial charge in [-0.1, -0.05) is 32.0 Å². The summed E-state index contributed by atoms with van der Waals surface area (Å²) in [6.07, 6.45) is 0. The molecule has 1 heterocycles. The van der Waals surface area contributed by atoms with Crippen molar-refractivity contribution in [1.29, 1.82) is 5.26 Å². The Kier molecular flexibility index (Phi) is 2.62. The molecule has 0 saturated carbocycles. The van der Waals surface area contributed by atoms with Crippen LogP contribution in [0.3, 0.4) is 0 Å². The Morgan fingerprint density at radius 1 is 1.31 bits per heavy atom. The van der Waals surface area contributed by atoms with Gasteiger partial charge in [-0.2, -0.15) is 5.26 Å². The van der Waals surface area contributed by atoms with Crippen molar-refractivity contribution in [3.8, 4) is 6.07 Å². The van der Waals surface area contributed by atoms with Crippen LogP contribution in [0.15, 0.2) is 24.3 Å². The number of pyridine rings is 1. The van der Waals surface area contributed by atoms with E-state index in [-0.39, 0.29) is 0 Å². The Morgan fingerprint density at radius 2 is 2.06 bits per heavy atom. The van der Waals surface area contributed by atoms with Gasteiger partial charge in [-0.25, -0.2) is 4.98 Å². The smallest absolute Gasteiger partial charge is 0.141 e. The average Bonchev–Trinajstić information content (AvgIpc) is 2.28. The van der Waals surface area contributed by atoms with Crippen molar-refractivity contribution in [2.75, 3.05) is 0 Å². The maximum Gasteiger partial charge on any atom is 0.141 e. The van der Waals surface area contributed by atoms with Crippen molar-refractivity contribution in [2.45, 2.75) is 26.7 Å². The first-order valence-electron chi connectivity index (χ1n) is 5.44. The van der Waals surface area contributed by atoms with E-state index in [9.17, 15) is 0 Å². The molecule has 2 rings (SSSR count). The monoisotopic (exact) mass is 210 g/mol. The summed E-state index contributed by atoms with van der Waals surface area (Å²) in [5, 5.41) is 10.1. The Morgan fingerprint density at radius 3 is 2.69 bits per heavy atom. The Hall–Kier alpha value is -1.88. The number of fused-ring (bicyclic) bond motifs is 1. The number of nitriles is 1. The summed E-state index contributed by atoms with van der Waals surface area (Å²) in [5.41, 5.74) is 3.79. The maximum atomic E-state index is 8.94. The molecule has 0 aliphatic heterocycles. The fraction of sp³-hybridized carbons (Fsp3) is 0.286. The van der Waals surface area contributed by atoms with Gasteiger partial charge < -0.3 is 0 Å². The average molecular weight is 210 g/mol. The minimum atomic E-state index is 0.421. The molecule has 0 unspecified atom stereocenters. The minimum absolute atomic E-state index is 0.421. The molecule has 0 amide bonds. The molecule has 2 heteroatoms. The summed E-state index contributed by atoms with van der Waals surface area (Å²) in [7, 11) is 0. The molecular formula is C14H14N2. The molecule has 0 bridgehead atoms. The number of hydrogen-bond donors (Lipinski definition) is 0. The summed E-state index contributed by atoms with van der Waals surface area (Å²) < 4.78 is 0. The third kappa shape index (κ3) is 1.65. The molecule has 0 fully saturated rings. The van der Waals surface area contributed by atoms with Gasteiger partial charge in [0.2, 0.25) is 0 Å². The quantitative estimate of drug-likeness (QED) is 0.721.